The SMILES string of the molecule is NC(=O)c1ccc(N2CCN(C(=O)C3CC3)CC2)cc1. The van der Waals surface area contributed by atoms with Crippen molar-refractivity contribution in [2.75, 3.05) is 31.1 Å². The Labute approximate surface area is 118 Å². The smallest absolute Gasteiger partial charge is 0.248 e. The molecule has 1 aliphatic carbocycles. The summed E-state index contributed by atoms with van der Waals surface area (Å²) >= 11 is 0. The van der Waals surface area contributed by atoms with Crippen molar-refractivity contribution in [3.05, 3.63) is 29.8 Å². The van der Waals surface area contributed by atoms with Crippen molar-refractivity contribution >= 4 is 17.5 Å². The van der Waals surface area contributed by atoms with Crippen molar-refractivity contribution in [3.8, 4) is 0 Å². The minimum absolute atomic E-state index is 0.302. The van der Waals surface area contributed by atoms with Crippen LogP contribution >= 0.6 is 0 Å². The number of hydrogen-bond donors (Lipinski definition) is 1. The van der Waals surface area contributed by atoms with Crippen molar-refractivity contribution in [1.82, 2.24) is 4.90 Å². The standard InChI is InChI=1S/C15H19N3O2/c16-14(19)11-3-5-13(6-4-11)17-7-9-18(10-8-17)15(20)12-1-2-12/h3-6,12H,1-2,7-10H2,(H2,16,19). The third kappa shape index (κ3) is 2.61. The third-order valence-electron chi connectivity index (χ3n) is 4.03. The van der Waals surface area contributed by atoms with Crippen molar-refractivity contribution in [1.29, 1.82) is 0 Å². The molecule has 0 radical (unpaired) electrons. The first-order chi connectivity index (χ1) is 9.65. The fourth-order valence-corrected chi connectivity index (χ4v) is 2.61. The first kappa shape index (κ1) is 13.0. The first-order valence-corrected chi connectivity index (χ1v) is 7.09. The topological polar surface area (TPSA) is 66.6 Å². The molecule has 20 heavy (non-hydrogen) atoms. The third-order valence-corrected chi connectivity index (χ3v) is 4.03. The monoisotopic (exact) mass is 273 g/mol. The van der Waals surface area contributed by atoms with E-state index in [9.17, 15) is 9.59 Å². The van der Waals surface area contributed by atoms with Gasteiger partial charge in [0.2, 0.25) is 11.8 Å². The molecule has 2 fully saturated rings. The summed E-state index contributed by atoms with van der Waals surface area (Å²) in [5.74, 6) is 0.224. The number of benzene rings is 1. The number of amides is 2. The van der Waals surface area contributed by atoms with Crippen LogP contribution in [-0.4, -0.2) is 42.9 Å². The number of carbonyl (C=O) groups is 2. The summed E-state index contributed by atoms with van der Waals surface area (Å²) in [5.41, 5.74) is 6.83. The van der Waals surface area contributed by atoms with Crippen LogP contribution in [0.1, 0.15) is 23.2 Å². The Hall–Kier alpha value is -2.04. The van der Waals surface area contributed by atoms with E-state index in [0.29, 0.717) is 17.4 Å². The van der Waals surface area contributed by atoms with Gasteiger partial charge in [-0.1, -0.05) is 0 Å². The highest BCUT2D eigenvalue weighted by molar-refractivity contribution is 5.93. The van der Waals surface area contributed by atoms with Gasteiger partial charge in [-0.05, 0) is 37.1 Å². The van der Waals surface area contributed by atoms with Crippen LogP contribution in [0.3, 0.4) is 0 Å². The summed E-state index contributed by atoms with van der Waals surface area (Å²) in [6.45, 7) is 3.25. The van der Waals surface area contributed by atoms with Gasteiger partial charge in [-0.15, -0.1) is 0 Å². The second kappa shape index (κ2) is 5.15. The Kier molecular flexibility index (Phi) is 3.34. The lowest BCUT2D eigenvalue weighted by Crippen LogP contribution is -2.49. The van der Waals surface area contributed by atoms with Gasteiger partial charge in [-0.3, -0.25) is 9.59 Å². The zero-order chi connectivity index (χ0) is 14.1. The largest absolute Gasteiger partial charge is 0.368 e. The summed E-state index contributed by atoms with van der Waals surface area (Å²) in [7, 11) is 0. The molecule has 1 saturated carbocycles. The van der Waals surface area contributed by atoms with E-state index in [4.69, 9.17) is 5.73 Å². The van der Waals surface area contributed by atoms with Gasteiger partial charge in [0.15, 0.2) is 0 Å². The van der Waals surface area contributed by atoms with Gasteiger partial charge in [0.1, 0.15) is 0 Å². The highest BCUT2D eigenvalue weighted by atomic mass is 16.2. The molecule has 1 aromatic carbocycles. The molecule has 5 nitrogen and oxygen atoms in total. The zero-order valence-electron chi connectivity index (χ0n) is 11.4. The molecule has 0 aromatic heterocycles. The van der Waals surface area contributed by atoms with E-state index in [2.05, 4.69) is 4.90 Å². The predicted molar refractivity (Wildman–Crippen MR) is 76.5 cm³/mol. The first-order valence-electron chi connectivity index (χ1n) is 7.09. The maximum Gasteiger partial charge on any atom is 0.248 e. The van der Waals surface area contributed by atoms with E-state index in [-0.39, 0.29) is 0 Å². The van der Waals surface area contributed by atoms with Gasteiger partial charge in [0, 0.05) is 43.3 Å². The number of hydrogen-bond acceptors (Lipinski definition) is 3. The molecule has 2 N–H and O–H groups in total. The molecule has 106 valence electrons. The van der Waals surface area contributed by atoms with Crippen molar-refractivity contribution in [3.63, 3.8) is 0 Å². The molecular weight excluding hydrogens is 254 g/mol. The van der Waals surface area contributed by atoms with Gasteiger partial charge in [0.25, 0.3) is 0 Å². The lowest BCUT2D eigenvalue weighted by molar-refractivity contribution is -0.132. The highest BCUT2D eigenvalue weighted by Gasteiger charge is 2.34. The fourth-order valence-electron chi connectivity index (χ4n) is 2.61. The molecule has 0 spiro atoms. The van der Waals surface area contributed by atoms with Crippen LogP contribution < -0.4 is 10.6 Å². The van der Waals surface area contributed by atoms with Crippen LogP contribution in [0.2, 0.25) is 0 Å². The van der Waals surface area contributed by atoms with Gasteiger partial charge >= 0.3 is 0 Å². The molecule has 0 bridgehead atoms. The summed E-state index contributed by atoms with van der Waals surface area (Å²) in [4.78, 5) is 27.2. The number of carbonyl (C=O) groups excluding carboxylic acids is 2. The van der Waals surface area contributed by atoms with Gasteiger partial charge in [-0.2, -0.15) is 0 Å². The molecule has 5 heteroatoms. The van der Waals surface area contributed by atoms with E-state index in [1.807, 2.05) is 17.0 Å². The Bertz CT molecular complexity index is 514. The lowest BCUT2D eigenvalue weighted by Gasteiger charge is -2.36. The van der Waals surface area contributed by atoms with Gasteiger partial charge in [-0.25, -0.2) is 0 Å². The second-order valence-corrected chi connectivity index (χ2v) is 5.50. The van der Waals surface area contributed by atoms with E-state index >= 15 is 0 Å². The maximum atomic E-state index is 12.0. The number of primary amides is 1. The highest BCUT2D eigenvalue weighted by Crippen LogP contribution is 2.31. The number of nitrogens with zero attached hydrogens (tertiary/aromatic N) is 2. The lowest BCUT2D eigenvalue weighted by atomic mass is 10.1. The number of rotatable bonds is 3. The van der Waals surface area contributed by atoms with Crippen LogP contribution in [0.25, 0.3) is 0 Å². The molecule has 1 saturated heterocycles. The summed E-state index contributed by atoms with van der Waals surface area (Å²) in [5, 5.41) is 0. The Morgan fingerprint density at radius 2 is 1.60 bits per heavy atom. The Morgan fingerprint density at radius 3 is 2.10 bits per heavy atom. The molecule has 2 amide bonds. The average molecular weight is 273 g/mol. The molecule has 0 unspecified atom stereocenters. The Balaban J connectivity index is 1.59. The normalized spacial score (nSPS) is 19.0. The number of piperazine rings is 1. The summed E-state index contributed by atoms with van der Waals surface area (Å²) in [6.07, 6.45) is 2.13. The summed E-state index contributed by atoms with van der Waals surface area (Å²) < 4.78 is 0. The average Bonchev–Trinajstić information content (AvgIpc) is 3.31. The quantitative estimate of drug-likeness (QED) is 0.887. The van der Waals surface area contributed by atoms with Crippen molar-refractivity contribution < 1.29 is 9.59 Å². The molecular formula is C15H19N3O2. The van der Waals surface area contributed by atoms with E-state index in [0.717, 1.165) is 44.7 Å². The van der Waals surface area contributed by atoms with Crippen LogP contribution in [-0.2, 0) is 4.79 Å². The fraction of sp³-hybridized carbons (Fsp3) is 0.467. The zero-order valence-corrected chi connectivity index (χ0v) is 11.4. The van der Waals surface area contributed by atoms with Gasteiger partial charge in [0.05, 0.1) is 0 Å². The molecule has 0 atom stereocenters. The summed E-state index contributed by atoms with van der Waals surface area (Å²) in [6, 6.07) is 7.33. The molecule has 1 aromatic rings. The minimum Gasteiger partial charge on any atom is -0.368 e. The molecule has 3 rings (SSSR count). The predicted octanol–water partition coefficient (Wildman–Crippen LogP) is 0.844. The Morgan fingerprint density at radius 1 is 1.00 bits per heavy atom. The maximum absolute atomic E-state index is 12.0. The molecule has 1 aliphatic heterocycles. The number of anilines is 1. The van der Waals surface area contributed by atoms with E-state index in [1.54, 1.807) is 12.1 Å². The molecule has 2 aliphatic rings. The van der Waals surface area contributed by atoms with Gasteiger partial charge < -0.3 is 15.5 Å². The van der Waals surface area contributed by atoms with Crippen LogP contribution in [0.5, 0.6) is 0 Å². The van der Waals surface area contributed by atoms with E-state index < -0.39 is 5.91 Å². The molecule has 1 heterocycles. The van der Waals surface area contributed by atoms with Crippen molar-refractivity contribution in [2.45, 2.75) is 12.8 Å². The van der Waals surface area contributed by atoms with Crippen LogP contribution in [0, 0.1) is 5.92 Å². The van der Waals surface area contributed by atoms with Crippen molar-refractivity contribution in [2.24, 2.45) is 11.7 Å². The number of nitrogens with two attached hydrogens (primary N) is 1. The second-order valence-electron chi connectivity index (χ2n) is 5.50. The van der Waals surface area contributed by atoms with Crippen LogP contribution in [0.15, 0.2) is 24.3 Å². The minimum atomic E-state index is -0.406. The van der Waals surface area contributed by atoms with E-state index in [1.165, 1.54) is 0 Å². The van der Waals surface area contributed by atoms with Crippen LogP contribution in [0.4, 0.5) is 5.69 Å².